The van der Waals surface area contributed by atoms with Crippen LogP contribution in [-0.4, -0.2) is 22.0 Å². The van der Waals surface area contributed by atoms with E-state index in [0.717, 1.165) is 16.2 Å². The van der Waals surface area contributed by atoms with Crippen LogP contribution in [0.1, 0.15) is 19.4 Å². The van der Waals surface area contributed by atoms with Crippen LogP contribution in [0.4, 0.5) is 0 Å². The zero-order valence-corrected chi connectivity index (χ0v) is 14.3. The molecule has 0 aliphatic heterocycles. The molecular weight excluding hydrogens is 314 g/mol. The Bertz CT molecular complexity index is 763. The van der Waals surface area contributed by atoms with E-state index in [9.17, 15) is 10.1 Å². The second-order valence-electron chi connectivity index (χ2n) is 5.14. The van der Waals surface area contributed by atoms with E-state index in [1.807, 2.05) is 36.6 Å². The van der Waals surface area contributed by atoms with Crippen molar-refractivity contribution in [2.45, 2.75) is 23.9 Å². The molecule has 1 aromatic heterocycles. The first kappa shape index (κ1) is 16.7. The topological polar surface area (TPSA) is 69.5 Å². The van der Waals surface area contributed by atoms with Crippen LogP contribution in [0.15, 0.2) is 39.1 Å². The number of nitrogens with one attached hydrogen (secondary N) is 1. The van der Waals surface area contributed by atoms with Gasteiger partial charge >= 0.3 is 0 Å². The van der Waals surface area contributed by atoms with Crippen LogP contribution < -0.4 is 5.56 Å². The lowest BCUT2D eigenvalue weighted by Gasteiger charge is -2.08. The average Bonchev–Trinajstić information content (AvgIpc) is 2.52. The van der Waals surface area contributed by atoms with Crippen LogP contribution in [0.25, 0.3) is 11.3 Å². The molecule has 1 heterocycles. The summed E-state index contributed by atoms with van der Waals surface area (Å²) < 4.78 is 0. The minimum absolute atomic E-state index is 0.0591. The van der Waals surface area contributed by atoms with E-state index in [0.29, 0.717) is 16.8 Å². The van der Waals surface area contributed by atoms with Gasteiger partial charge in [-0.05, 0) is 24.3 Å². The fourth-order valence-corrected chi connectivity index (χ4v) is 3.15. The number of benzene rings is 1. The van der Waals surface area contributed by atoms with Crippen molar-refractivity contribution in [1.29, 1.82) is 5.26 Å². The molecule has 0 bridgehead atoms. The van der Waals surface area contributed by atoms with E-state index >= 15 is 0 Å². The third kappa shape index (κ3) is 3.93. The molecule has 0 fully saturated rings. The van der Waals surface area contributed by atoms with Gasteiger partial charge in [0.1, 0.15) is 11.6 Å². The van der Waals surface area contributed by atoms with E-state index in [1.165, 1.54) is 11.8 Å². The van der Waals surface area contributed by atoms with Gasteiger partial charge in [-0.2, -0.15) is 5.26 Å². The van der Waals surface area contributed by atoms with Gasteiger partial charge in [-0.25, -0.2) is 4.98 Å². The number of H-pyrrole nitrogens is 1. The van der Waals surface area contributed by atoms with E-state index in [-0.39, 0.29) is 5.56 Å². The molecule has 0 saturated heterocycles. The summed E-state index contributed by atoms with van der Waals surface area (Å²) in [6.45, 7) is 4.35. The molecule has 2 aromatic rings. The summed E-state index contributed by atoms with van der Waals surface area (Å²) in [6, 6.07) is 9.79. The zero-order valence-electron chi connectivity index (χ0n) is 12.7. The molecule has 0 radical (unpaired) electrons. The normalized spacial score (nSPS) is 10.7. The van der Waals surface area contributed by atoms with Crippen LogP contribution in [0, 0.1) is 17.2 Å². The standard InChI is InChI=1S/C16H17N3OS2/c1-10(2)9-22-12-6-4-5-11(7-12)14-13(8-17)15(20)19-16(18-14)21-3/h4-7,10H,9H2,1-3H3,(H,18,19,20). The van der Waals surface area contributed by atoms with Gasteiger partial charge in [0.2, 0.25) is 0 Å². The van der Waals surface area contributed by atoms with E-state index in [1.54, 1.807) is 11.8 Å². The number of rotatable bonds is 5. The summed E-state index contributed by atoms with van der Waals surface area (Å²) in [5.74, 6) is 1.62. The molecule has 0 saturated carbocycles. The molecule has 1 aromatic carbocycles. The van der Waals surface area contributed by atoms with Crippen molar-refractivity contribution in [3.8, 4) is 17.3 Å². The SMILES string of the molecule is CSc1nc(-c2cccc(SCC(C)C)c2)c(C#N)c(=O)[nH]1. The highest BCUT2D eigenvalue weighted by atomic mass is 32.2. The van der Waals surface area contributed by atoms with Crippen LogP contribution in [0.5, 0.6) is 0 Å². The summed E-state index contributed by atoms with van der Waals surface area (Å²) in [5.41, 5.74) is 0.912. The van der Waals surface area contributed by atoms with Crippen LogP contribution in [0.3, 0.4) is 0 Å². The molecule has 114 valence electrons. The molecule has 0 aliphatic rings. The Labute approximate surface area is 138 Å². The van der Waals surface area contributed by atoms with Gasteiger partial charge in [0.05, 0.1) is 5.69 Å². The van der Waals surface area contributed by atoms with E-state index in [2.05, 4.69) is 23.8 Å². The molecule has 4 nitrogen and oxygen atoms in total. The molecule has 0 spiro atoms. The Morgan fingerprint density at radius 1 is 1.41 bits per heavy atom. The third-order valence-corrected chi connectivity index (χ3v) is 4.89. The van der Waals surface area contributed by atoms with Crippen molar-refractivity contribution in [3.05, 3.63) is 40.2 Å². The first-order chi connectivity index (χ1) is 10.5. The number of nitrogens with zero attached hydrogens (tertiary/aromatic N) is 2. The summed E-state index contributed by atoms with van der Waals surface area (Å²) in [6.07, 6.45) is 1.84. The van der Waals surface area contributed by atoms with Crippen molar-refractivity contribution in [2.24, 2.45) is 5.92 Å². The maximum Gasteiger partial charge on any atom is 0.270 e. The molecule has 2 rings (SSSR count). The molecule has 6 heteroatoms. The number of hydrogen-bond donors (Lipinski definition) is 1. The number of aromatic nitrogens is 2. The van der Waals surface area contributed by atoms with Crippen LogP contribution in [-0.2, 0) is 0 Å². The minimum atomic E-state index is -0.392. The Morgan fingerprint density at radius 2 is 2.18 bits per heavy atom. The fourth-order valence-electron chi connectivity index (χ4n) is 1.86. The highest BCUT2D eigenvalue weighted by Gasteiger charge is 2.13. The van der Waals surface area contributed by atoms with Crippen molar-refractivity contribution in [2.75, 3.05) is 12.0 Å². The fraction of sp³-hybridized carbons (Fsp3) is 0.312. The molecule has 1 N–H and O–H groups in total. The van der Waals surface area contributed by atoms with Gasteiger partial charge in [0.15, 0.2) is 5.16 Å². The van der Waals surface area contributed by atoms with Gasteiger partial charge < -0.3 is 4.98 Å². The maximum absolute atomic E-state index is 12.0. The summed E-state index contributed by atoms with van der Waals surface area (Å²) in [5, 5.41) is 9.76. The second-order valence-corrected chi connectivity index (χ2v) is 7.03. The summed E-state index contributed by atoms with van der Waals surface area (Å²) in [4.78, 5) is 20.1. The van der Waals surface area contributed by atoms with E-state index < -0.39 is 5.56 Å². The number of nitriles is 1. The quantitative estimate of drug-likeness (QED) is 0.667. The Balaban J connectivity index is 2.48. The summed E-state index contributed by atoms with van der Waals surface area (Å²) >= 11 is 3.11. The van der Waals surface area contributed by atoms with Gasteiger partial charge in [-0.15, -0.1) is 11.8 Å². The number of hydrogen-bond acceptors (Lipinski definition) is 5. The van der Waals surface area contributed by atoms with Crippen LogP contribution >= 0.6 is 23.5 Å². The average molecular weight is 331 g/mol. The lowest BCUT2D eigenvalue weighted by Crippen LogP contribution is -2.14. The summed E-state index contributed by atoms with van der Waals surface area (Å²) in [7, 11) is 0. The molecule has 22 heavy (non-hydrogen) atoms. The van der Waals surface area contributed by atoms with Crippen molar-refractivity contribution < 1.29 is 0 Å². The first-order valence-electron chi connectivity index (χ1n) is 6.86. The lowest BCUT2D eigenvalue weighted by atomic mass is 10.1. The molecule has 0 amide bonds. The lowest BCUT2D eigenvalue weighted by molar-refractivity contribution is 0.750. The monoisotopic (exact) mass is 331 g/mol. The Morgan fingerprint density at radius 3 is 2.82 bits per heavy atom. The van der Waals surface area contributed by atoms with Crippen molar-refractivity contribution in [1.82, 2.24) is 9.97 Å². The molecule has 0 unspecified atom stereocenters. The van der Waals surface area contributed by atoms with Crippen LogP contribution in [0.2, 0.25) is 0 Å². The third-order valence-electron chi connectivity index (χ3n) is 2.89. The Hall–Kier alpha value is -1.71. The smallest absolute Gasteiger partial charge is 0.270 e. The molecular formula is C16H17N3OS2. The second kappa shape index (κ2) is 7.52. The Kier molecular flexibility index (Phi) is 5.69. The van der Waals surface area contributed by atoms with Gasteiger partial charge in [-0.1, -0.05) is 37.7 Å². The largest absolute Gasteiger partial charge is 0.300 e. The van der Waals surface area contributed by atoms with Gasteiger partial charge in [-0.3, -0.25) is 4.79 Å². The van der Waals surface area contributed by atoms with Gasteiger partial charge in [0, 0.05) is 16.2 Å². The number of thioether (sulfide) groups is 2. The highest BCUT2D eigenvalue weighted by molar-refractivity contribution is 7.99. The zero-order chi connectivity index (χ0) is 16.1. The predicted octanol–water partition coefficient (Wildman–Crippen LogP) is 3.78. The molecule has 0 atom stereocenters. The van der Waals surface area contributed by atoms with E-state index in [4.69, 9.17) is 0 Å². The van der Waals surface area contributed by atoms with Crippen molar-refractivity contribution >= 4 is 23.5 Å². The highest BCUT2D eigenvalue weighted by Crippen LogP contribution is 2.27. The maximum atomic E-state index is 12.0. The first-order valence-corrected chi connectivity index (χ1v) is 9.07. The van der Waals surface area contributed by atoms with Crippen molar-refractivity contribution in [3.63, 3.8) is 0 Å². The minimum Gasteiger partial charge on any atom is -0.300 e. The number of aromatic amines is 1. The van der Waals surface area contributed by atoms with Gasteiger partial charge in [0.25, 0.3) is 5.56 Å². The predicted molar refractivity (Wildman–Crippen MR) is 92.4 cm³/mol. The molecule has 0 aliphatic carbocycles.